The molecule has 0 saturated heterocycles. The Hall–Kier alpha value is -0.810. The normalized spacial score (nSPS) is 13.4. The maximum absolute atomic E-state index is 11.3. The molecule has 0 unspecified atom stereocenters. The Morgan fingerprint density at radius 3 is 2.53 bits per heavy atom. The summed E-state index contributed by atoms with van der Waals surface area (Å²) in [6.07, 6.45) is -0.385. The highest BCUT2D eigenvalue weighted by Crippen LogP contribution is 2.06. The molecule has 0 aliphatic carbocycles. The van der Waals surface area contributed by atoms with Crippen molar-refractivity contribution in [3.63, 3.8) is 0 Å². The summed E-state index contributed by atoms with van der Waals surface area (Å²) in [5, 5.41) is 5.84. The number of rotatable bonds is 5. The number of hydrogen-bond donors (Lipinski definition) is 3. The molecule has 0 heterocycles. The first-order valence-electron chi connectivity index (χ1n) is 5.25. The first-order valence-corrected chi connectivity index (χ1v) is 5.25. The van der Waals surface area contributed by atoms with Gasteiger partial charge < -0.3 is 21.1 Å². The van der Waals surface area contributed by atoms with Gasteiger partial charge in [-0.05, 0) is 27.7 Å². The summed E-state index contributed by atoms with van der Waals surface area (Å²) in [4.78, 5) is 11.3. The van der Waals surface area contributed by atoms with E-state index >= 15 is 0 Å². The van der Waals surface area contributed by atoms with Gasteiger partial charge in [0.25, 0.3) is 0 Å². The first kappa shape index (κ1) is 14.2. The molecule has 5 nitrogen and oxygen atoms in total. The highest BCUT2D eigenvalue weighted by molar-refractivity contribution is 5.68. The van der Waals surface area contributed by atoms with Crippen LogP contribution in [0.25, 0.3) is 0 Å². The smallest absolute Gasteiger partial charge is 0.407 e. The zero-order chi connectivity index (χ0) is 11.9. The maximum atomic E-state index is 11.3. The van der Waals surface area contributed by atoms with E-state index in [4.69, 9.17) is 10.5 Å². The highest BCUT2D eigenvalue weighted by Gasteiger charge is 2.17. The van der Waals surface area contributed by atoms with Gasteiger partial charge in [-0.2, -0.15) is 0 Å². The van der Waals surface area contributed by atoms with E-state index in [0.717, 1.165) is 6.54 Å². The first-order chi connectivity index (χ1) is 6.85. The fourth-order valence-electron chi connectivity index (χ4n) is 0.980. The number of nitrogens with one attached hydrogen (secondary N) is 2. The molecular weight excluding hydrogens is 194 g/mol. The number of carbonyl (C=O) groups is 1. The predicted molar refractivity (Wildman–Crippen MR) is 60.8 cm³/mol. The Kier molecular flexibility index (Phi) is 6.27. The second kappa shape index (κ2) is 6.63. The lowest BCUT2D eigenvalue weighted by Crippen LogP contribution is -2.43. The fraction of sp³-hybridized carbons (Fsp3) is 0.900. The van der Waals surface area contributed by atoms with Crippen LogP contribution in [0.1, 0.15) is 27.7 Å². The molecule has 0 rings (SSSR count). The lowest BCUT2D eigenvalue weighted by molar-refractivity contribution is 0.0508. The molecule has 0 aliphatic heterocycles. The maximum Gasteiger partial charge on any atom is 0.407 e. The van der Waals surface area contributed by atoms with Crippen LogP contribution in [0.4, 0.5) is 4.79 Å². The van der Waals surface area contributed by atoms with Gasteiger partial charge in [-0.1, -0.05) is 0 Å². The zero-order valence-corrected chi connectivity index (χ0v) is 10.1. The van der Waals surface area contributed by atoms with Crippen LogP contribution in [0.2, 0.25) is 0 Å². The number of amides is 1. The number of carbonyl (C=O) groups excluding carboxylic acids is 1. The molecule has 0 aromatic heterocycles. The van der Waals surface area contributed by atoms with E-state index in [1.807, 2.05) is 27.7 Å². The van der Waals surface area contributed by atoms with E-state index < -0.39 is 5.60 Å². The van der Waals surface area contributed by atoms with Gasteiger partial charge in [0.15, 0.2) is 0 Å². The van der Waals surface area contributed by atoms with Gasteiger partial charge in [0.2, 0.25) is 0 Å². The van der Waals surface area contributed by atoms with Crippen molar-refractivity contribution in [2.75, 3.05) is 19.6 Å². The topological polar surface area (TPSA) is 76.4 Å². The third kappa shape index (κ3) is 9.49. The minimum atomic E-state index is -0.450. The van der Waals surface area contributed by atoms with E-state index in [2.05, 4.69) is 10.6 Å². The molecule has 0 aliphatic rings. The summed E-state index contributed by atoms with van der Waals surface area (Å²) in [5.41, 5.74) is 4.87. The van der Waals surface area contributed by atoms with Crippen LogP contribution >= 0.6 is 0 Å². The van der Waals surface area contributed by atoms with E-state index in [1.165, 1.54) is 0 Å². The molecule has 0 aromatic carbocycles. The van der Waals surface area contributed by atoms with Crippen molar-refractivity contribution in [3.05, 3.63) is 0 Å². The fourth-order valence-corrected chi connectivity index (χ4v) is 0.980. The van der Waals surface area contributed by atoms with E-state index in [-0.39, 0.29) is 12.1 Å². The molecular formula is C10H23N3O2. The molecule has 0 spiro atoms. The van der Waals surface area contributed by atoms with E-state index in [1.54, 1.807) is 0 Å². The number of hydrogen-bond acceptors (Lipinski definition) is 4. The van der Waals surface area contributed by atoms with Gasteiger partial charge >= 0.3 is 6.09 Å². The molecule has 5 heteroatoms. The molecule has 0 saturated carbocycles. The molecule has 90 valence electrons. The van der Waals surface area contributed by atoms with Crippen LogP contribution in [0.15, 0.2) is 0 Å². The lowest BCUT2D eigenvalue weighted by atomic mass is 10.2. The number of alkyl carbamates (subject to hydrolysis) is 1. The minimum Gasteiger partial charge on any atom is -0.444 e. The highest BCUT2D eigenvalue weighted by atomic mass is 16.6. The second-order valence-electron chi connectivity index (χ2n) is 4.54. The monoisotopic (exact) mass is 217 g/mol. The molecule has 15 heavy (non-hydrogen) atoms. The molecule has 0 radical (unpaired) electrons. The van der Waals surface area contributed by atoms with Crippen molar-refractivity contribution in [2.45, 2.75) is 39.3 Å². The van der Waals surface area contributed by atoms with Crippen LogP contribution in [0.5, 0.6) is 0 Å². The van der Waals surface area contributed by atoms with Gasteiger partial charge in [0.1, 0.15) is 5.60 Å². The van der Waals surface area contributed by atoms with Gasteiger partial charge in [0.05, 0.1) is 0 Å². The van der Waals surface area contributed by atoms with E-state index in [9.17, 15) is 4.79 Å². The largest absolute Gasteiger partial charge is 0.444 e. The second-order valence-corrected chi connectivity index (χ2v) is 4.54. The molecule has 0 aromatic rings. The van der Waals surface area contributed by atoms with Crippen LogP contribution in [-0.2, 0) is 4.74 Å². The van der Waals surface area contributed by atoms with Crippen molar-refractivity contribution in [1.82, 2.24) is 10.6 Å². The van der Waals surface area contributed by atoms with Gasteiger partial charge in [-0.25, -0.2) is 4.79 Å². The van der Waals surface area contributed by atoms with Crippen molar-refractivity contribution in [2.24, 2.45) is 5.73 Å². The van der Waals surface area contributed by atoms with E-state index in [0.29, 0.717) is 13.1 Å². The summed E-state index contributed by atoms with van der Waals surface area (Å²) in [6.45, 7) is 9.46. The van der Waals surface area contributed by atoms with Crippen LogP contribution in [0.3, 0.4) is 0 Å². The van der Waals surface area contributed by atoms with Crippen molar-refractivity contribution < 1.29 is 9.53 Å². The van der Waals surface area contributed by atoms with Crippen LogP contribution in [-0.4, -0.2) is 37.4 Å². The Morgan fingerprint density at radius 1 is 1.47 bits per heavy atom. The lowest BCUT2D eigenvalue weighted by Gasteiger charge is -2.22. The molecule has 0 bridgehead atoms. The summed E-state index contributed by atoms with van der Waals surface area (Å²) >= 11 is 0. The van der Waals surface area contributed by atoms with Gasteiger partial charge in [0, 0.05) is 25.7 Å². The summed E-state index contributed by atoms with van der Waals surface area (Å²) < 4.78 is 5.11. The average Bonchev–Trinajstić information content (AvgIpc) is 2.00. The number of nitrogens with two attached hydrogens (primary N) is 1. The predicted octanol–water partition coefficient (Wildman–Crippen LogP) is 0.448. The molecule has 4 N–H and O–H groups in total. The number of ether oxygens (including phenoxy) is 1. The minimum absolute atomic E-state index is 0.0337. The third-order valence-corrected chi connectivity index (χ3v) is 1.53. The van der Waals surface area contributed by atoms with Crippen molar-refractivity contribution >= 4 is 6.09 Å². The summed E-state index contributed by atoms with van der Waals surface area (Å²) in [6, 6.07) is 0.0337. The molecule has 1 atom stereocenters. The average molecular weight is 217 g/mol. The Morgan fingerprint density at radius 2 is 2.07 bits per heavy atom. The third-order valence-electron chi connectivity index (χ3n) is 1.53. The molecule has 1 amide bonds. The quantitative estimate of drug-likeness (QED) is 0.584. The van der Waals surface area contributed by atoms with Crippen LogP contribution < -0.4 is 16.4 Å². The van der Waals surface area contributed by atoms with Gasteiger partial charge in [-0.15, -0.1) is 0 Å². The Bertz CT molecular complexity index is 190. The van der Waals surface area contributed by atoms with Crippen molar-refractivity contribution in [1.29, 1.82) is 0 Å². The standard InChI is InChI=1S/C10H23N3O2/c1-8(7-12-6-5-11)13-9(14)15-10(2,3)4/h8,12H,5-7,11H2,1-4H3,(H,13,14)/t8-/m0/s1. The summed E-state index contributed by atoms with van der Waals surface area (Å²) in [7, 11) is 0. The van der Waals surface area contributed by atoms with Crippen molar-refractivity contribution in [3.8, 4) is 0 Å². The Labute approximate surface area is 91.7 Å². The van der Waals surface area contributed by atoms with Gasteiger partial charge in [-0.3, -0.25) is 0 Å². The van der Waals surface area contributed by atoms with Crippen LogP contribution in [0, 0.1) is 0 Å². The molecule has 0 fully saturated rings. The summed E-state index contributed by atoms with van der Waals surface area (Å²) in [5.74, 6) is 0. The Balaban J connectivity index is 3.67. The zero-order valence-electron chi connectivity index (χ0n) is 10.1. The SMILES string of the molecule is C[C@@H](CNCCN)NC(=O)OC(C)(C)C.